The molecule has 1 aliphatic heterocycles. The topological polar surface area (TPSA) is 84.2 Å². The van der Waals surface area contributed by atoms with E-state index < -0.39 is 0 Å². The second-order valence-electron chi connectivity index (χ2n) is 6.79. The van der Waals surface area contributed by atoms with Crippen LogP contribution in [-0.4, -0.2) is 34.1 Å². The molecule has 1 saturated heterocycles. The molecule has 0 spiro atoms. The Hall–Kier alpha value is -2.96. The number of fused-ring (bicyclic) bond motifs is 1. The molecular formula is C19H21N5O2. The minimum Gasteiger partial charge on any atom is -0.355 e. The predicted octanol–water partition coefficient (Wildman–Crippen LogP) is 3.09. The van der Waals surface area contributed by atoms with Gasteiger partial charge in [-0.25, -0.2) is 4.98 Å². The van der Waals surface area contributed by atoms with Gasteiger partial charge in [0.05, 0.1) is 11.6 Å². The fraction of sp³-hybridized carbons (Fsp3) is 0.368. The average molecular weight is 351 g/mol. The molecule has 134 valence electrons. The summed E-state index contributed by atoms with van der Waals surface area (Å²) in [6.45, 7) is 5.38. The van der Waals surface area contributed by atoms with Gasteiger partial charge in [0.25, 0.3) is 5.71 Å². The van der Waals surface area contributed by atoms with Gasteiger partial charge in [0, 0.05) is 18.8 Å². The number of piperidine rings is 1. The molecule has 7 nitrogen and oxygen atoms in total. The van der Waals surface area contributed by atoms with Crippen molar-refractivity contribution < 1.29 is 9.32 Å². The molecule has 0 saturated carbocycles. The third-order valence-electron chi connectivity index (χ3n) is 4.83. The van der Waals surface area contributed by atoms with Crippen molar-refractivity contribution in [1.82, 2.24) is 15.1 Å². The summed E-state index contributed by atoms with van der Waals surface area (Å²) in [4.78, 5) is 23.4. The van der Waals surface area contributed by atoms with Gasteiger partial charge in [0.15, 0.2) is 0 Å². The SMILES string of the molecule is Cc1ccc(NC(=O)[C@H]2CCCN(c3ncnc4onc(C)c34)C2)cc1. The fourth-order valence-corrected chi connectivity index (χ4v) is 3.41. The summed E-state index contributed by atoms with van der Waals surface area (Å²) in [5.41, 5.74) is 3.25. The van der Waals surface area contributed by atoms with E-state index in [9.17, 15) is 4.79 Å². The molecule has 0 radical (unpaired) electrons. The number of hydrogen-bond acceptors (Lipinski definition) is 6. The Morgan fingerprint density at radius 2 is 2.04 bits per heavy atom. The number of aryl methyl sites for hydroxylation is 2. The highest BCUT2D eigenvalue weighted by atomic mass is 16.5. The molecule has 1 atom stereocenters. The van der Waals surface area contributed by atoms with Crippen LogP contribution in [0.1, 0.15) is 24.1 Å². The Kier molecular flexibility index (Phi) is 4.28. The van der Waals surface area contributed by atoms with E-state index in [2.05, 4.69) is 25.3 Å². The molecule has 0 unspecified atom stereocenters. The number of hydrogen-bond donors (Lipinski definition) is 1. The largest absolute Gasteiger partial charge is 0.355 e. The van der Waals surface area contributed by atoms with Crippen molar-refractivity contribution in [3.8, 4) is 0 Å². The van der Waals surface area contributed by atoms with Gasteiger partial charge in [-0.1, -0.05) is 22.9 Å². The summed E-state index contributed by atoms with van der Waals surface area (Å²) in [5, 5.41) is 7.84. The first-order valence-corrected chi connectivity index (χ1v) is 8.81. The van der Waals surface area contributed by atoms with Gasteiger partial charge in [-0.05, 0) is 38.8 Å². The minimum atomic E-state index is -0.0877. The number of carbonyl (C=O) groups excluding carboxylic acids is 1. The van der Waals surface area contributed by atoms with Crippen LogP contribution in [-0.2, 0) is 4.79 Å². The maximum absolute atomic E-state index is 12.7. The molecule has 2 aromatic heterocycles. The highest BCUT2D eigenvalue weighted by Gasteiger charge is 2.28. The standard InChI is InChI=1S/C19H21N5O2/c1-12-5-7-15(8-6-12)22-18(25)14-4-3-9-24(10-14)17-16-13(2)23-26-19(16)21-11-20-17/h5-8,11,14H,3-4,9-10H2,1-2H3,(H,22,25)/t14-/m0/s1. The first-order chi connectivity index (χ1) is 12.6. The smallest absolute Gasteiger partial charge is 0.263 e. The molecule has 1 aromatic carbocycles. The van der Waals surface area contributed by atoms with Crippen LogP contribution in [0.5, 0.6) is 0 Å². The monoisotopic (exact) mass is 351 g/mol. The highest BCUT2D eigenvalue weighted by molar-refractivity contribution is 5.93. The summed E-state index contributed by atoms with van der Waals surface area (Å²) in [6, 6.07) is 7.86. The van der Waals surface area contributed by atoms with Gasteiger partial charge in [0.2, 0.25) is 5.91 Å². The van der Waals surface area contributed by atoms with Crippen molar-refractivity contribution in [1.29, 1.82) is 0 Å². The van der Waals surface area contributed by atoms with Crippen LogP contribution >= 0.6 is 0 Å². The van der Waals surface area contributed by atoms with Crippen LogP contribution < -0.4 is 10.2 Å². The number of anilines is 2. The van der Waals surface area contributed by atoms with Gasteiger partial charge in [-0.2, -0.15) is 4.98 Å². The van der Waals surface area contributed by atoms with Crippen LogP contribution in [0.2, 0.25) is 0 Å². The third kappa shape index (κ3) is 3.12. The number of amides is 1. The first kappa shape index (κ1) is 16.5. The van der Waals surface area contributed by atoms with Crippen molar-refractivity contribution in [3.63, 3.8) is 0 Å². The normalized spacial score (nSPS) is 17.5. The van der Waals surface area contributed by atoms with Crippen LogP contribution in [0, 0.1) is 19.8 Å². The lowest BCUT2D eigenvalue weighted by Gasteiger charge is -2.33. The summed E-state index contributed by atoms with van der Waals surface area (Å²) in [6.07, 6.45) is 3.28. The lowest BCUT2D eigenvalue weighted by Crippen LogP contribution is -2.41. The Morgan fingerprint density at radius 3 is 2.85 bits per heavy atom. The second kappa shape index (κ2) is 6.74. The summed E-state index contributed by atoms with van der Waals surface area (Å²) >= 11 is 0. The minimum absolute atomic E-state index is 0.0471. The van der Waals surface area contributed by atoms with Crippen molar-refractivity contribution in [3.05, 3.63) is 41.9 Å². The molecule has 1 fully saturated rings. The molecule has 4 rings (SSSR count). The average Bonchev–Trinajstić information content (AvgIpc) is 3.05. The Labute approximate surface area is 151 Å². The molecule has 1 aliphatic rings. The number of carbonyl (C=O) groups is 1. The maximum atomic E-state index is 12.7. The van der Waals surface area contributed by atoms with Gasteiger partial charge in [-0.15, -0.1) is 0 Å². The second-order valence-corrected chi connectivity index (χ2v) is 6.79. The quantitative estimate of drug-likeness (QED) is 0.781. The zero-order chi connectivity index (χ0) is 18.1. The number of aromatic nitrogens is 3. The van der Waals surface area contributed by atoms with Crippen molar-refractivity contribution in [2.24, 2.45) is 5.92 Å². The van der Waals surface area contributed by atoms with Crippen molar-refractivity contribution in [2.45, 2.75) is 26.7 Å². The van der Waals surface area contributed by atoms with Gasteiger partial charge in [-0.3, -0.25) is 4.79 Å². The molecular weight excluding hydrogens is 330 g/mol. The van der Waals surface area contributed by atoms with Crippen LogP contribution in [0.25, 0.3) is 11.1 Å². The van der Waals surface area contributed by atoms with Gasteiger partial charge >= 0.3 is 0 Å². The van der Waals surface area contributed by atoms with E-state index in [0.717, 1.165) is 42.0 Å². The Balaban J connectivity index is 1.52. The number of nitrogens with zero attached hydrogens (tertiary/aromatic N) is 4. The van der Waals surface area contributed by atoms with Gasteiger partial charge < -0.3 is 14.7 Å². The zero-order valence-corrected chi connectivity index (χ0v) is 14.9. The van der Waals surface area contributed by atoms with Crippen molar-refractivity contribution in [2.75, 3.05) is 23.3 Å². The molecule has 0 aliphatic carbocycles. The maximum Gasteiger partial charge on any atom is 0.263 e. The van der Waals surface area contributed by atoms with E-state index in [1.165, 1.54) is 11.9 Å². The van der Waals surface area contributed by atoms with Crippen LogP contribution in [0.4, 0.5) is 11.5 Å². The molecule has 1 amide bonds. The zero-order valence-electron chi connectivity index (χ0n) is 14.9. The third-order valence-corrected chi connectivity index (χ3v) is 4.83. The van der Waals surface area contributed by atoms with Crippen LogP contribution in [0.15, 0.2) is 35.1 Å². The highest BCUT2D eigenvalue weighted by Crippen LogP contribution is 2.29. The molecule has 3 heterocycles. The molecule has 7 heteroatoms. The van der Waals surface area contributed by atoms with Gasteiger partial charge in [0.1, 0.15) is 17.5 Å². The van der Waals surface area contributed by atoms with E-state index >= 15 is 0 Å². The van der Waals surface area contributed by atoms with E-state index in [0.29, 0.717) is 12.3 Å². The predicted molar refractivity (Wildman–Crippen MR) is 99.1 cm³/mol. The van der Waals surface area contributed by atoms with E-state index in [1.54, 1.807) is 0 Å². The summed E-state index contributed by atoms with van der Waals surface area (Å²) in [7, 11) is 0. The summed E-state index contributed by atoms with van der Waals surface area (Å²) in [5.74, 6) is 0.753. The Morgan fingerprint density at radius 1 is 1.23 bits per heavy atom. The Bertz CT molecular complexity index is 935. The number of rotatable bonds is 3. The fourth-order valence-electron chi connectivity index (χ4n) is 3.41. The van der Waals surface area contributed by atoms with Crippen molar-refractivity contribution >= 4 is 28.5 Å². The van der Waals surface area contributed by atoms with Crippen LogP contribution in [0.3, 0.4) is 0 Å². The lowest BCUT2D eigenvalue weighted by atomic mass is 9.96. The number of nitrogens with one attached hydrogen (secondary N) is 1. The number of benzene rings is 1. The first-order valence-electron chi connectivity index (χ1n) is 8.81. The molecule has 26 heavy (non-hydrogen) atoms. The molecule has 3 aromatic rings. The summed E-state index contributed by atoms with van der Waals surface area (Å²) < 4.78 is 5.24. The molecule has 0 bridgehead atoms. The molecule has 1 N–H and O–H groups in total. The van der Waals surface area contributed by atoms with E-state index in [1.807, 2.05) is 38.1 Å². The van der Waals surface area contributed by atoms with E-state index in [4.69, 9.17) is 4.52 Å². The van der Waals surface area contributed by atoms with E-state index in [-0.39, 0.29) is 11.8 Å². The lowest BCUT2D eigenvalue weighted by molar-refractivity contribution is -0.120.